The molecule has 1 N–H and O–H groups in total. The number of sulfone groups is 1. The molecule has 2 aliphatic rings. The summed E-state index contributed by atoms with van der Waals surface area (Å²) in [6.07, 6.45) is 2.00. The van der Waals surface area contributed by atoms with Crippen LogP contribution in [-0.2, 0) is 9.84 Å². The molecule has 1 aliphatic heterocycles. The van der Waals surface area contributed by atoms with Crippen molar-refractivity contribution in [3.8, 4) is 0 Å². The number of nitrogens with zero attached hydrogens (tertiary/aromatic N) is 2. The van der Waals surface area contributed by atoms with Crippen molar-refractivity contribution in [2.24, 2.45) is 0 Å². The zero-order chi connectivity index (χ0) is 13.6. The topological polar surface area (TPSA) is 87.6 Å². The van der Waals surface area contributed by atoms with Gasteiger partial charge >= 0.3 is 5.97 Å². The predicted molar refractivity (Wildman–Crippen MR) is 71.9 cm³/mol. The third-order valence-electron chi connectivity index (χ3n) is 3.42. The number of carbonyl (C=O) groups is 1. The van der Waals surface area contributed by atoms with E-state index < -0.39 is 15.8 Å². The molecule has 1 aromatic rings. The Balaban J connectivity index is 1.85. The molecule has 1 saturated carbocycles. The summed E-state index contributed by atoms with van der Waals surface area (Å²) in [7, 11) is -2.93. The lowest BCUT2D eigenvalue weighted by Gasteiger charge is -2.25. The summed E-state index contributed by atoms with van der Waals surface area (Å²) >= 11 is 1.16. The zero-order valence-electron chi connectivity index (χ0n) is 10.2. The lowest BCUT2D eigenvalue weighted by molar-refractivity contribution is 0.0700. The number of rotatable bonds is 3. The van der Waals surface area contributed by atoms with Gasteiger partial charge in [-0.2, -0.15) is 0 Å². The molecule has 2 heterocycles. The highest BCUT2D eigenvalue weighted by molar-refractivity contribution is 7.91. The van der Waals surface area contributed by atoms with Crippen LogP contribution in [0.15, 0.2) is 0 Å². The van der Waals surface area contributed by atoms with Crippen LogP contribution in [0.2, 0.25) is 0 Å². The Morgan fingerprint density at radius 1 is 1.32 bits per heavy atom. The average Bonchev–Trinajstić information content (AvgIpc) is 3.08. The molecule has 19 heavy (non-hydrogen) atoms. The zero-order valence-corrected chi connectivity index (χ0v) is 11.8. The summed E-state index contributed by atoms with van der Waals surface area (Å²) < 4.78 is 22.8. The van der Waals surface area contributed by atoms with Gasteiger partial charge in [0, 0.05) is 19.0 Å². The molecule has 0 atom stereocenters. The van der Waals surface area contributed by atoms with Crippen LogP contribution >= 0.6 is 11.3 Å². The molecule has 2 fully saturated rings. The summed E-state index contributed by atoms with van der Waals surface area (Å²) in [6, 6.07) is 0. The van der Waals surface area contributed by atoms with Crippen LogP contribution in [0.1, 0.15) is 34.1 Å². The third kappa shape index (κ3) is 2.59. The second kappa shape index (κ2) is 4.45. The van der Waals surface area contributed by atoms with Crippen molar-refractivity contribution >= 4 is 32.3 Å². The Bertz CT molecular complexity index is 605. The summed E-state index contributed by atoms with van der Waals surface area (Å²) in [5, 5.41) is 9.84. The highest BCUT2D eigenvalue weighted by Crippen LogP contribution is 2.44. The summed E-state index contributed by atoms with van der Waals surface area (Å²) in [4.78, 5) is 17.8. The van der Waals surface area contributed by atoms with Gasteiger partial charge in [-0.05, 0) is 12.8 Å². The number of hydrogen-bond acceptors (Lipinski definition) is 6. The first-order valence-electron chi connectivity index (χ1n) is 6.16. The van der Waals surface area contributed by atoms with Crippen LogP contribution in [0.5, 0.6) is 0 Å². The fraction of sp³-hybridized carbons (Fsp3) is 0.636. The van der Waals surface area contributed by atoms with Gasteiger partial charge in [-0.1, -0.05) is 11.3 Å². The Kier molecular flexibility index (Phi) is 3.01. The van der Waals surface area contributed by atoms with Gasteiger partial charge in [0.25, 0.3) is 0 Å². The number of anilines is 1. The highest BCUT2D eigenvalue weighted by Gasteiger charge is 2.33. The lowest BCUT2D eigenvalue weighted by atomic mass is 10.2. The van der Waals surface area contributed by atoms with Gasteiger partial charge in [0.2, 0.25) is 0 Å². The molecule has 1 aliphatic carbocycles. The van der Waals surface area contributed by atoms with E-state index in [-0.39, 0.29) is 17.4 Å². The van der Waals surface area contributed by atoms with Gasteiger partial charge in [-0.15, -0.1) is 0 Å². The Morgan fingerprint density at radius 3 is 2.47 bits per heavy atom. The molecular formula is C11H14N2O4S2. The van der Waals surface area contributed by atoms with Crippen molar-refractivity contribution in [2.45, 2.75) is 18.8 Å². The fourth-order valence-corrected chi connectivity index (χ4v) is 4.39. The minimum absolute atomic E-state index is 0.119. The smallest absolute Gasteiger partial charge is 0.347 e. The lowest BCUT2D eigenvalue weighted by Crippen LogP contribution is -2.40. The van der Waals surface area contributed by atoms with Gasteiger partial charge in [0.05, 0.1) is 17.2 Å². The molecule has 0 amide bonds. The maximum Gasteiger partial charge on any atom is 0.347 e. The quantitative estimate of drug-likeness (QED) is 0.894. The van der Waals surface area contributed by atoms with E-state index >= 15 is 0 Å². The Labute approximate surface area is 115 Å². The number of aromatic nitrogens is 1. The number of thiazole rings is 1. The standard InChI is InChI=1S/C11H14N2O4S2/c14-10(15)9-8(7-1-2-7)12-11(18-9)13-3-5-19(16,17)6-4-13/h7H,1-6H2,(H,14,15). The molecule has 1 saturated heterocycles. The second-order valence-electron chi connectivity index (χ2n) is 4.93. The number of hydrogen-bond donors (Lipinski definition) is 1. The number of carboxylic acids is 1. The number of carboxylic acid groups (broad SMARTS) is 1. The number of aromatic carboxylic acids is 1. The van der Waals surface area contributed by atoms with Crippen LogP contribution < -0.4 is 4.90 Å². The molecule has 8 heteroatoms. The molecule has 0 spiro atoms. The largest absolute Gasteiger partial charge is 0.477 e. The fourth-order valence-electron chi connectivity index (χ4n) is 2.15. The predicted octanol–water partition coefficient (Wildman–Crippen LogP) is 0.953. The van der Waals surface area contributed by atoms with Crippen molar-refractivity contribution in [1.29, 1.82) is 0 Å². The van der Waals surface area contributed by atoms with Crippen LogP contribution in [0.4, 0.5) is 5.13 Å². The minimum Gasteiger partial charge on any atom is -0.477 e. The molecule has 0 unspecified atom stereocenters. The molecule has 104 valence electrons. The van der Waals surface area contributed by atoms with E-state index in [4.69, 9.17) is 0 Å². The van der Waals surface area contributed by atoms with E-state index in [1.54, 1.807) is 0 Å². The monoisotopic (exact) mass is 302 g/mol. The van der Waals surface area contributed by atoms with Gasteiger partial charge in [-0.3, -0.25) is 0 Å². The maximum atomic E-state index is 11.4. The van der Waals surface area contributed by atoms with Crippen LogP contribution in [0.25, 0.3) is 0 Å². The Morgan fingerprint density at radius 2 is 1.95 bits per heavy atom. The van der Waals surface area contributed by atoms with Crippen molar-refractivity contribution < 1.29 is 18.3 Å². The molecule has 1 aromatic heterocycles. The van der Waals surface area contributed by atoms with E-state index in [1.807, 2.05) is 4.90 Å². The summed E-state index contributed by atoms with van der Waals surface area (Å²) in [5.41, 5.74) is 0.681. The third-order valence-corrected chi connectivity index (χ3v) is 6.14. The molecule has 0 aromatic carbocycles. The SMILES string of the molecule is O=C(O)c1sc(N2CCS(=O)(=O)CC2)nc1C1CC1. The van der Waals surface area contributed by atoms with Gasteiger partial charge in [0.15, 0.2) is 15.0 Å². The average molecular weight is 302 g/mol. The van der Waals surface area contributed by atoms with Crippen molar-refractivity contribution in [3.63, 3.8) is 0 Å². The van der Waals surface area contributed by atoms with Crippen LogP contribution in [0, 0.1) is 0 Å². The van der Waals surface area contributed by atoms with E-state index in [0.29, 0.717) is 28.8 Å². The molecule has 6 nitrogen and oxygen atoms in total. The van der Waals surface area contributed by atoms with Crippen molar-refractivity contribution in [2.75, 3.05) is 29.5 Å². The van der Waals surface area contributed by atoms with Gasteiger partial charge in [0.1, 0.15) is 4.88 Å². The van der Waals surface area contributed by atoms with Gasteiger partial charge in [-0.25, -0.2) is 18.2 Å². The normalized spacial score (nSPS) is 22.4. The van der Waals surface area contributed by atoms with Crippen molar-refractivity contribution in [3.05, 3.63) is 10.6 Å². The first-order valence-corrected chi connectivity index (χ1v) is 8.79. The summed E-state index contributed by atoms with van der Waals surface area (Å²) in [6.45, 7) is 0.804. The van der Waals surface area contributed by atoms with Crippen LogP contribution in [0.3, 0.4) is 0 Å². The second-order valence-corrected chi connectivity index (χ2v) is 8.21. The first kappa shape index (κ1) is 12.9. The molecule has 0 bridgehead atoms. The van der Waals surface area contributed by atoms with E-state index in [1.165, 1.54) is 0 Å². The summed E-state index contributed by atoms with van der Waals surface area (Å²) in [5.74, 6) is -0.415. The maximum absolute atomic E-state index is 11.4. The molecule has 3 rings (SSSR count). The van der Waals surface area contributed by atoms with Crippen LogP contribution in [-0.4, -0.2) is 49.1 Å². The molecule has 0 radical (unpaired) electrons. The van der Waals surface area contributed by atoms with E-state index in [2.05, 4.69) is 4.98 Å². The van der Waals surface area contributed by atoms with Crippen molar-refractivity contribution in [1.82, 2.24) is 4.98 Å². The van der Waals surface area contributed by atoms with E-state index in [0.717, 1.165) is 24.2 Å². The van der Waals surface area contributed by atoms with Gasteiger partial charge < -0.3 is 10.0 Å². The Hall–Kier alpha value is -1.15. The minimum atomic E-state index is -2.93. The van der Waals surface area contributed by atoms with E-state index in [9.17, 15) is 18.3 Å². The molecular weight excluding hydrogens is 288 g/mol. The first-order chi connectivity index (χ1) is 8.96. The highest BCUT2D eigenvalue weighted by atomic mass is 32.2.